The summed E-state index contributed by atoms with van der Waals surface area (Å²) in [6.07, 6.45) is 2.94. The van der Waals surface area contributed by atoms with Gasteiger partial charge in [-0.25, -0.2) is 14.1 Å². The Morgan fingerprint density at radius 1 is 1.22 bits per heavy atom. The summed E-state index contributed by atoms with van der Waals surface area (Å²) >= 11 is 0. The summed E-state index contributed by atoms with van der Waals surface area (Å²) in [6, 6.07) is 9.00. The highest BCUT2D eigenvalue weighted by Crippen LogP contribution is 2.41. The molecule has 0 saturated carbocycles. The van der Waals surface area contributed by atoms with E-state index in [1.54, 1.807) is 29.1 Å². The van der Waals surface area contributed by atoms with Crippen LogP contribution in [0.15, 0.2) is 42.6 Å². The Hall–Kier alpha value is -3.75. The van der Waals surface area contributed by atoms with Crippen molar-refractivity contribution in [2.24, 2.45) is 5.92 Å². The quantitative estimate of drug-likeness (QED) is 0.553. The standard InChI is InChI=1S/C23H24FN5O3/c1-14(2)20(26-13-30)22(31)27-18-12-16(8-9-25-18)19-21(15-4-6-17(24)7-5-15)28-29-10-3-11-32-23(19)29/h4-9,12-14,20H,3,10-11H2,1-2H3,(H,26,30)(H,25,27,31). The first-order chi connectivity index (χ1) is 15.5. The van der Waals surface area contributed by atoms with E-state index >= 15 is 0 Å². The van der Waals surface area contributed by atoms with Crippen molar-refractivity contribution in [3.05, 3.63) is 48.4 Å². The number of fused-ring (bicyclic) bond motifs is 1. The first-order valence-electron chi connectivity index (χ1n) is 10.4. The van der Waals surface area contributed by atoms with Crippen molar-refractivity contribution in [3.8, 4) is 28.3 Å². The molecule has 8 nitrogen and oxygen atoms in total. The van der Waals surface area contributed by atoms with Gasteiger partial charge in [0.1, 0.15) is 23.4 Å². The summed E-state index contributed by atoms with van der Waals surface area (Å²) < 4.78 is 21.2. The maximum atomic E-state index is 13.5. The second-order valence-electron chi connectivity index (χ2n) is 7.89. The molecule has 2 amide bonds. The van der Waals surface area contributed by atoms with Crippen LogP contribution in [0.3, 0.4) is 0 Å². The maximum Gasteiger partial charge on any atom is 0.248 e. The first kappa shape index (κ1) is 21.5. The van der Waals surface area contributed by atoms with Gasteiger partial charge in [-0.1, -0.05) is 13.8 Å². The molecule has 0 radical (unpaired) electrons. The zero-order chi connectivity index (χ0) is 22.7. The lowest BCUT2D eigenvalue weighted by Crippen LogP contribution is -2.43. The second-order valence-corrected chi connectivity index (χ2v) is 7.89. The topological polar surface area (TPSA) is 98.1 Å². The zero-order valence-corrected chi connectivity index (χ0v) is 17.8. The number of hydrogen-bond donors (Lipinski definition) is 2. The van der Waals surface area contributed by atoms with Crippen LogP contribution in [-0.4, -0.2) is 39.7 Å². The van der Waals surface area contributed by atoms with Gasteiger partial charge in [0.05, 0.1) is 12.2 Å². The molecule has 0 aliphatic carbocycles. The molecule has 0 saturated heterocycles. The minimum Gasteiger partial charge on any atom is -0.477 e. The van der Waals surface area contributed by atoms with Crippen LogP contribution in [0, 0.1) is 11.7 Å². The largest absolute Gasteiger partial charge is 0.477 e. The molecule has 32 heavy (non-hydrogen) atoms. The summed E-state index contributed by atoms with van der Waals surface area (Å²) in [6.45, 7) is 4.97. The number of rotatable bonds is 7. The lowest BCUT2D eigenvalue weighted by molar-refractivity contribution is -0.122. The molecule has 1 unspecified atom stereocenters. The Bertz CT molecular complexity index is 1130. The van der Waals surface area contributed by atoms with Crippen molar-refractivity contribution in [2.45, 2.75) is 32.9 Å². The number of hydrogen-bond acceptors (Lipinski definition) is 5. The molecule has 166 valence electrons. The van der Waals surface area contributed by atoms with Crippen LogP contribution >= 0.6 is 0 Å². The summed E-state index contributed by atoms with van der Waals surface area (Å²) in [4.78, 5) is 27.8. The number of amides is 2. The number of ether oxygens (including phenoxy) is 1. The Balaban J connectivity index is 1.72. The van der Waals surface area contributed by atoms with Gasteiger partial charge in [0, 0.05) is 24.7 Å². The predicted octanol–water partition coefficient (Wildman–Crippen LogP) is 3.24. The fourth-order valence-corrected chi connectivity index (χ4v) is 3.70. The van der Waals surface area contributed by atoms with Gasteiger partial charge in [0.25, 0.3) is 0 Å². The van der Waals surface area contributed by atoms with Crippen molar-refractivity contribution in [3.63, 3.8) is 0 Å². The highest BCUT2D eigenvalue weighted by Gasteiger charge is 2.26. The predicted molar refractivity (Wildman–Crippen MR) is 117 cm³/mol. The summed E-state index contributed by atoms with van der Waals surface area (Å²) in [5, 5.41) is 10.0. The molecule has 0 spiro atoms. The van der Waals surface area contributed by atoms with E-state index in [0.717, 1.165) is 23.1 Å². The lowest BCUT2D eigenvalue weighted by atomic mass is 10.0. The van der Waals surface area contributed by atoms with Crippen molar-refractivity contribution < 1.29 is 18.7 Å². The van der Waals surface area contributed by atoms with Gasteiger partial charge >= 0.3 is 0 Å². The summed E-state index contributed by atoms with van der Waals surface area (Å²) in [5.74, 6) is 0.190. The third-order valence-corrected chi connectivity index (χ3v) is 5.27. The van der Waals surface area contributed by atoms with Crippen LogP contribution < -0.4 is 15.4 Å². The number of carbonyl (C=O) groups excluding carboxylic acids is 2. The average molecular weight is 437 g/mol. The van der Waals surface area contributed by atoms with E-state index in [1.165, 1.54) is 12.1 Å². The Morgan fingerprint density at radius 3 is 2.72 bits per heavy atom. The number of nitrogens with one attached hydrogen (secondary N) is 2. The molecule has 1 aromatic carbocycles. The van der Waals surface area contributed by atoms with E-state index in [1.807, 2.05) is 19.9 Å². The van der Waals surface area contributed by atoms with Crippen LogP contribution in [0.4, 0.5) is 10.2 Å². The van der Waals surface area contributed by atoms with E-state index in [0.29, 0.717) is 37.0 Å². The molecule has 3 aromatic rings. The van der Waals surface area contributed by atoms with E-state index < -0.39 is 6.04 Å². The van der Waals surface area contributed by atoms with E-state index in [9.17, 15) is 14.0 Å². The van der Waals surface area contributed by atoms with Crippen LogP contribution in [0.25, 0.3) is 22.4 Å². The molecule has 2 aromatic heterocycles. The number of carbonyl (C=O) groups is 2. The van der Waals surface area contributed by atoms with Gasteiger partial charge < -0.3 is 15.4 Å². The third-order valence-electron chi connectivity index (χ3n) is 5.27. The highest BCUT2D eigenvalue weighted by molar-refractivity contribution is 5.96. The minimum absolute atomic E-state index is 0.0930. The summed E-state index contributed by atoms with van der Waals surface area (Å²) in [7, 11) is 0. The smallest absolute Gasteiger partial charge is 0.248 e. The third kappa shape index (κ3) is 4.32. The lowest BCUT2D eigenvalue weighted by Gasteiger charge is -2.19. The van der Waals surface area contributed by atoms with Gasteiger partial charge in [0.15, 0.2) is 0 Å². The number of halogens is 1. The van der Waals surface area contributed by atoms with Crippen molar-refractivity contribution in [1.29, 1.82) is 0 Å². The molecule has 0 fully saturated rings. The molecule has 9 heteroatoms. The highest BCUT2D eigenvalue weighted by atomic mass is 19.1. The Morgan fingerprint density at radius 2 is 2.00 bits per heavy atom. The zero-order valence-electron chi connectivity index (χ0n) is 17.8. The van der Waals surface area contributed by atoms with Crippen LogP contribution in [0.5, 0.6) is 5.88 Å². The number of nitrogens with zero attached hydrogens (tertiary/aromatic N) is 3. The summed E-state index contributed by atoms with van der Waals surface area (Å²) in [5.41, 5.74) is 2.92. The molecular weight excluding hydrogens is 413 g/mol. The van der Waals surface area contributed by atoms with Crippen molar-refractivity contribution >= 4 is 18.1 Å². The molecule has 4 rings (SSSR count). The fourth-order valence-electron chi connectivity index (χ4n) is 3.70. The normalized spacial score (nSPS) is 13.8. The van der Waals surface area contributed by atoms with Gasteiger partial charge in [-0.15, -0.1) is 0 Å². The fraction of sp³-hybridized carbons (Fsp3) is 0.304. The number of pyridine rings is 1. The van der Waals surface area contributed by atoms with Gasteiger partial charge in [0.2, 0.25) is 18.2 Å². The second kappa shape index (κ2) is 9.17. The molecule has 1 atom stereocenters. The first-order valence-corrected chi connectivity index (χ1v) is 10.4. The molecule has 1 aliphatic heterocycles. The average Bonchev–Trinajstić information content (AvgIpc) is 3.17. The SMILES string of the molecule is CC(C)C(NC=O)C(=O)Nc1cc(-c2c(-c3ccc(F)cc3)nn3c2OCCC3)ccn1. The molecule has 1 aliphatic rings. The van der Waals surface area contributed by atoms with E-state index in [-0.39, 0.29) is 17.6 Å². The van der Waals surface area contributed by atoms with Crippen LogP contribution in [0.1, 0.15) is 20.3 Å². The number of benzene rings is 1. The van der Waals surface area contributed by atoms with Gasteiger partial charge in [-0.2, -0.15) is 5.10 Å². The number of aromatic nitrogens is 3. The molecular formula is C23H24FN5O3. The maximum absolute atomic E-state index is 13.5. The number of aryl methyl sites for hydroxylation is 1. The van der Waals surface area contributed by atoms with Crippen molar-refractivity contribution in [2.75, 3.05) is 11.9 Å². The minimum atomic E-state index is -0.681. The van der Waals surface area contributed by atoms with Crippen molar-refractivity contribution in [1.82, 2.24) is 20.1 Å². The van der Waals surface area contributed by atoms with Gasteiger partial charge in [-0.05, 0) is 47.9 Å². The van der Waals surface area contributed by atoms with Crippen LogP contribution in [0.2, 0.25) is 0 Å². The Labute approximate surface area is 184 Å². The molecule has 0 bridgehead atoms. The molecule has 3 heterocycles. The van der Waals surface area contributed by atoms with E-state index in [4.69, 9.17) is 9.84 Å². The van der Waals surface area contributed by atoms with Crippen LogP contribution in [-0.2, 0) is 16.1 Å². The Kier molecular flexibility index (Phi) is 6.16. The number of anilines is 1. The monoisotopic (exact) mass is 437 g/mol. The van der Waals surface area contributed by atoms with Gasteiger partial charge in [-0.3, -0.25) is 9.59 Å². The molecule has 2 N–H and O–H groups in total. The van der Waals surface area contributed by atoms with E-state index in [2.05, 4.69) is 15.6 Å².